The molecule has 184 valence electrons. The lowest BCUT2D eigenvalue weighted by Gasteiger charge is -2.35. The van der Waals surface area contributed by atoms with Gasteiger partial charge in [0.15, 0.2) is 0 Å². The Morgan fingerprint density at radius 3 is 2.09 bits per heavy atom. The fraction of sp³-hybridized carbons (Fsp3) is 0.417. The van der Waals surface area contributed by atoms with Gasteiger partial charge in [0.1, 0.15) is 16.2 Å². The third-order valence-corrected chi connectivity index (χ3v) is 6.62. The molecule has 2 amide bonds. The summed E-state index contributed by atoms with van der Waals surface area (Å²) in [6.07, 6.45) is -0.417. The first-order valence-corrected chi connectivity index (χ1v) is 12.4. The lowest BCUT2D eigenvalue weighted by molar-refractivity contribution is 0.0141. The summed E-state index contributed by atoms with van der Waals surface area (Å²) in [5, 5.41) is 0. The summed E-state index contributed by atoms with van der Waals surface area (Å²) < 4.78 is 39.3. The average molecular weight is 490 g/mol. The Balaban J connectivity index is 1.75. The molecular weight excluding hydrogens is 458 g/mol. The van der Waals surface area contributed by atoms with E-state index in [9.17, 15) is 18.0 Å². The van der Waals surface area contributed by atoms with Crippen LogP contribution in [0.25, 0.3) is 0 Å². The number of methoxy groups -OCH3 is 1. The van der Waals surface area contributed by atoms with Crippen LogP contribution in [0.5, 0.6) is 5.75 Å². The van der Waals surface area contributed by atoms with Gasteiger partial charge >= 0.3 is 6.09 Å². The number of rotatable bonds is 5. The number of ether oxygens (including phenoxy) is 2. The fourth-order valence-electron chi connectivity index (χ4n) is 3.45. The van der Waals surface area contributed by atoms with E-state index in [1.807, 2.05) is 6.92 Å². The van der Waals surface area contributed by atoms with E-state index in [0.717, 1.165) is 5.56 Å². The molecule has 1 saturated heterocycles. The third-order valence-electron chi connectivity index (χ3n) is 5.22. The van der Waals surface area contributed by atoms with Gasteiger partial charge in [0, 0.05) is 37.4 Å². The molecule has 1 N–H and O–H groups in total. The zero-order valence-electron chi connectivity index (χ0n) is 20.1. The van der Waals surface area contributed by atoms with Crippen LogP contribution in [-0.4, -0.2) is 69.1 Å². The summed E-state index contributed by atoms with van der Waals surface area (Å²) in [7, 11) is -2.64. The van der Waals surface area contributed by atoms with Crippen LogP contribution in [0.3, 0.4) is 0 Å². The molecule has 0 spiro atoms. The first-order valence-electron chi connectivity index (χ1n) is 10.9. The molecule has 1 heterocycles. The van der Waals surface area contributed by atoms with Gasteiger partial charge in [-0.25, -0.2) is 13.2 Å². The van der Waals surface area contributed by atoms with Crippen molar-refractivity contribution in [2.75, 3.05) is 38.0 Å². The minimum absolute atomic E-state index is 0.130. The molecule has 2 aromatic rings. The summed E-state index contributed by atoms with van der Waals surface area (Å²) in [5.74, 6) is -0.191. The van der Waals surface area contributed by atoms with Crippen LogP contribution in [0.15, 0.2) is 47.4 Å². The first kappa shape index (κ1) is 25.4. The summed E-state index contributed by atoms with van der Waals surface area (Å²) >= 11 is 0. The van der Waals surface area contributed by atoms with Crippen LogP contribution >= 0.6 is 0 Å². The summed E-state index contributed by atoms with van der Waals surface area (Å²) in [5.41, 5.74) is 1.03. The molecule has 0 aromatic heterocycles. The van der Waals surface area contributed by atoms with E-state index in [-0.39, 0.29) is 22.1 Å². The van der Waals surface area contributed by atoms with E-state index in [1.54, 1.807) is 54.8 Å². The van der Waals surface area contributed by atoms with Gasteiger partial charge in [-0.05, 0) is 58.0 Å². The number of benzene rings is 2. The zero-order valence-corrected chi connectivity index (χ0v) is 20.9. The molecule has 9 nitrogen and oxygen atoms in total. The Kier molecular flexibility index (Phi) is 7.40. The van der Waals surface area contributed by atoms with Crippen LogP contribution in [0.2, 0.25) is 0 Å². The summed E-state index contributed by atoms with van der Waals surface area (Å²) in [6.45, 7) is 8.59. The number of hydrogen-bond acceptors (Lipinski definition) is 6. The molecule has 34 heavy (non-hydrogen) atoms. The van der Waals surface area contributed by atoms with Crippen LogP contribution in [0, 0.1) is 6.92 Å². The predicted octanol–water partition coefficient (Wildman–Crippen LogP) is 3.50. The Bertz CT molecular complexity index is 1150. The summed E-state index contributed by atoms with van der Waals surface area (Å²) in [4.78, 5) is 28.4. The molecule has 0 unspecified atom stereocenters. The predicted molar refractivity (Wildman–Crippen MR) is 129 cm³/mol. The lowest BCUT2D eigenvalue weighted by atomic mass is 10.1. The van der Waals surface area contributed by atoms with Crippen molar-refractivity contribution in [2.45, 2.75) is 38.2 Å². The topological polar surface area (TPSA) is 105 Å². The molecular formula is C24H31N3O6S. The van der Waals surface area contributed by atoms with E-state index in [2.05, 4.69) is 4.72 Å². The van der Waals surface area contributed by atoms with Gasteiger partial charge in [-0.3, -0.25) is 9.52 Å². The van der Waals surface area contributed by atoms with Crippen molar-refractivity contribution in [3.63, 3.8) is 0 Å². The van der Waals surface area contributed by atoms with Gasteiger partial charge in [-0.2, -0.15) is 0 Å². The number of aryl methyl sites for hydroxylation is 1. The van der Waals surface area contributed by atoms with Crippen LogP contribution in [0.4, 0.5) is 10.5 Å². The lowest BCUT2D eigenvalue weighted by Crippen LogP contribution is -2.51. The number of nitrogens with zero attached hydrogens (tertiary/aromatic N) is 2. The maximum absolute atomic E-state index is 13.1. The first-order chi connectivity index (χ1) is 15.9. The Labute approximate surface area is 200 Å². The highest BCUT2D eigenvalue weighted by molar-refractivity contribution is 7.92. The summed E-state index contributed by atoms with van der Waals surface area (Å²) in [6, 6.07) is 11.2. The van der Waals surface area contributed by atoms with Gasteiger partial charge in [0.25, 0.3) is 15.9 Å². The maximum Gasteiger partial charge on any atom is 0.410 e. The second-order valence-corrected chi connectivity index (χ2v) is 10.7. The molecule has 3 rings (SSSR count). The van der Waals surface area contributed by atoms with Crippen molar-refractivity contribution in [3.8, 4) is 5.75 Å². The molecule has 1 fully saturated rings. The van der Waals surface area contributed by atoms with Gasteiger partial charge in [-0.15, -0.1) is 0 Å². The van der Waals surface area contributed by atoms with Crippen LogP contribution in [-0.2, 0) is 14.8 Å². The number of piperazine rings is 1. The highest BCUT2D eigenvalue weighted by Gasteiger charge is 2.29. The van der Waals surface area contributed by atoms with Crippen LogP contribution in [0.1, 0.15) is 36.7 Å². The Morgan fingerprint density at radius 1 is 0.941 bits per heavy atom. The molecule has 2 aromatic carbocycles. The van der Waals surface area contributed by atoms with Crippen molar-refractivity contribution < 1.29 is 27.5 Å². The smallest absolute Gasteiger partial charge is 0.410 e. The minimum Gasteiger partial charge on any atom is -0.495 e. The molecule has 0 aliphatic carbocycles. The third kappa shape index (κ3) is 6.19. The van der Waals surface area contributed by atoms with Crippen LogP contribution < -0.4 is 9.46 Å². The molecule has 10 heteroatoms. The number of carbonyl (C=O) groups excluding carboxylic acids is 2. The van der Waals surface area contributed by atoms with Gasteiger partial charge in [0.05, 0.1) is 7.11 Å². The number of anilines is 1. The maximum atomic E-state index is 13.1. The standard InChI is InChI=1S/C24H31N3O6S/c1-17-6-9-19(10-7-17)25-34(30,31)21-16-18(8-11-20(21)32-5)22(28)26-12-14-27(15-13-26)23(29)33-24(2,3)4/h6-11,16,25H,12-15H2,1-5H3. The molecule has 0 bridgehead atoms. The van der Waals surface area contributed by atoms with Crippen molar-refractivity contribution in [1.29, 1.82) is 0 Å². The van der Waals surface area contributed by atoms with Gasteiger partial charge < -0.3 is 19.3 Å². The van der Waals surface area contributed by atoms with Gasteiger partial charge in [0.2, 0.25) is 0 Å². The van der Waals surface area contributed by atoms with E-state index in [1.165, 1.54) is 25.3 Å². The minimum atomic E-state index is -4.01. The quantitative estimate of drug-likeness (QED) is 0.689. The van der Waals surface area contributed by atoms with Crippen molar-refractivity contribution in [1.82, 2.24) is 9.80 Å². The molecule has 0 radical (unpaired) electrons. The highest BCUT2D eigenvalue weighted by atomic mass is 32.2. The Hall–Kier alpha value is -3.27. The van der Waals surface area contributed by atoms with E-state index < -0.39 is 21.7 Å². The molecule has 1 aliphatic heterocycles. The molecule has 1 aliphatic rings. The highest BCUT2D eigenvalue weighted by Crippen LogP contribution is 2.28. The largest absolute Gasteiger partial charge is 0.495 e. The monoisotopic (exact) mass is 489 g/mol. The normalized spacial score (nSPS) is 14.5. The molecule has 0 atom stereocenters. The Morgan fingerprint density at radius 2 is 1.53 bits per heavy atom. The second kappa shape index (κ2) is 9.92. The number of sulfonamides is 1. The second-order valence-electron chi connectivity index (χ2n) is 9.10. The molecule has 0 saturated carbocycles. The van der Waals surface area contributed by atoms with E-state index >= 15 is 0 Å². The van der Waals surface area contributed by atoms with Crippen molar-refractivity contribution in [2.24, 2.45) is 0 Å². The van der Waals surface area contributed by atoms with E-state index in [4.69, 9.17) is 9.47 Å². The fourth-order valence-corrected chi connectivity index (χ4v) is 4.71. The van der Waals surface area contributed by atoms with Crippen molar-refractivity contribution in [3.05, 3.63) is 53.6 Å². The van der Waals surface area contributed by atoms with Gasteiger partial charge in [-0.1, -0.05) is 17.7 Å². The average Bonchev–Trinajstić information content (AvgIpc) is 2.78. The van der Waals surface area contributed by atoms with E-state index in [0.29, 0.717) is 31.9 Å². The number of nitrogens with one attached hydrogen (secondary N) is 1. The van der Waals surface area contributed by atoms with Crippen molar-refractivity contribution >= 4 is 27.7 Å². The number of amides is 2. The number of carbonyl (C=O) groups is 2. The number of hydrogen-bond donors (Lipinski definition) is 1. The zero-order chi connectivity index (χ0) is 25.1. The SMILES string of the molecule is COc1ccc(C(=O)N2CCN(C(=O)OC(C)(C)C)CC2)cc1S(=O)(=O)Nc1ccc(C)cc1.